The van der Waals surface area contributed by atoms with Crippen LogP contribution in [0.4, 0.5) is 0 Å². The van der Waals surface area contributed by atoms with Gasteiger partial charge < -0.3 is 10.6 Å². The number of hydrogen-bond donors (Lipinski definition) is 2. The van der Waals surface area contributed by atoms with E-state index < -0.39 is 0 Å². The zero-order valence-corrected chi connectivity index (χ0v) is 15.6. The van der Waals surface area contributed by atoms with E-state index >= 15 is 0 Å². The van der Waals surface area contributed by atoms with Crippen molar-refractivity contribution in [3.8, 4) is 10.6 Å². The number of amides is 1. The van der Waals surface area contributed by atoms with Crippen LogP contribution in [0, 0.1) is 18.3 Å². The molecule has 1 aliphatic heterocycles. The Morgan fingerprint density at radius 3 is 3.00 bits per heavy atom. The van der Waals surface area contributed by atoms with Gasteiger partial charge >= 0.3 is 0 Å². The molecule has 2 N–H and O–H groups in total. The van der Waals surface area contributed by atoms with Gasteiger partial charge in [-0.3, -0.25) is 4.79 Å². The van der Waals surface area contributed by atoms with Crippen LogP contribution in [0.25, 0.3) is 10.6 Å². The maximum atomic E-state index is 12.4. The lowest BCUT2D eigenvalue weighted by Crippen LogP contribution is -2.34. The predicted molar refractivity (Wildman–Crippen MR) is 99.5 cm³/mol. The van der Waals surface area contributed by atoms with E-state index in [0.29, 0.717) is 5.41 Å². The molecule has 0 radical (unpaired) electrons. The number of carbonyl (C=O) groups is 1. The smallest absolute Gasteiger partial charge is 0.223 e. The number of rotatable bonds is 5. The number of thiophene rings is 1. The Bertz CT molecular complexity index is 730. The first-order valence-electron chi connectivity index (χ1n) is 8.66. The first-order valence-corrected chi connectivity index (χ1v) is 10.4. The summed E-state index contributed by atoms with van der Waals surface area (Å²) in [5.74, 6) is 0.528. The molecule has 4 rings (SSSR count). The van der Waals surface area contributed by atoms with E-state index in [1.54, 1.807) is 22.7 Å². The van der Waals surface area contributed by atoms with Gasteiger partial charge in [0.25, 0.3) is 0 Å². The fraction of sp³-hybridized carbons (Fsp3) is 0.556. The first-order chi connectivity index (χ1) is 11.7. The maximum Gasteiger partial charge on any atom is 0.223 e. The maximum absolute atomic E-state index is 12.4. The van der Waals surface area contributed by atoms with Gasteiger partial charge in [0, 0.05) is 22.7 Å². The third kappa shape index (κ3) is 3.27. The summed E-state index contributed by atoms with van der Waals surface area (Å²) in [6.07, 6.45) is 4.31. The number of nitrogens with zero attached hydrogens (tertiary/aromatic N) is 1. The summed E-state index contributed by atoms with van der Waals surface area (Å²) >= 11 is 3.47. The lowest BCUT2D eigenvalue weighted by atomic mass is 9.92. The summed E-state index contributed by atoms with van der Waals surface area (Å²) in [4.78, 5) is 19.4. The zero-order chi connectivity index (χ0) is 16.6. The SMILES string of the molecule is Cc1nc(-c2ccc(CCNC(=O)C3CC34CCNCC4)s2)cs1. The normalized spacial score (nSPS) is 21.8. The molecule has 24 heavy (non-hydrogen) atoms. The van der Waals surface area contributed by atoms with E-state index in [1.807, 2.05) is 6.92 Å². The molecule has 2 aromatic rings. The number of aryl methyl sites for hydroxylation is 1. The first kappa shape index (κ1) is 16.2. The fourth-order valence-corrected chi connectivity index (χ4v) is 5.41. The van der Waals surface area contributed by atoms with Crippen LogP contribution >= 0.6 is 22.7 Å². The van der Waals surface area contributed by atoms with Crippen molar-refractivity contribution in [3.05, 3.63) is 27.4 Å². The van der Waals surface area contributed by atoms with Gasteiger partial charge in [-0.2, -0.15) is 0 Å². The molecule has 1 amide bonds. The second-order valence-corrected chi connectivity index (χ2v) is 9.16. The summed E-state index contributed by atoms with van der Waals surface area (Å²) in [5, 5.41) is 9.75. The molecular formula is C18H23N3OS2. The Labute approximate surface area is 150 Å². The van der Waals surface area contributed by atoms with Crippen LogP contribution < -0.4 is 10.6 Å². The lowest BCUT2D eigenvalue weighted by molar-refractivity contribution is -0.123. The molecule has 1 unspecified atom stereocenters. The zero-order valence-electron chi connectivity index (χ0n) is 13.9. The Morgan fingerprint density at radius 1 is 1.42 bits per heavy atom. The van der Waals surface area contributed by atoms with Crippen LogP contribution in [0.15, 0.2) is 17.5 Å². The summed E-state index contributed by atoms with van der Waals surface area (Å²) in [6, 6.07) is 4.30. The lowest BCUT2D eigenvalue weighted by Gasteiger charge is -2.23. The van der Waals surface area contributed by atoms with Crippen LogP contribution in [0.2, 0.25) is 0 Å². The molecule has 6 heteroatoms. The third-order valence-corrected chi connectivity index (χ3v) is 7.25. The highest BCUT2D eigenvalue weighted by atomic mass is 32.1. The van der Waals surface area contributed by atoms with Crippen LogP contribution in [0.1, 0.15) is 29.1 Å². The topological polar surface area (TPSA) is 54.0 Å². The van der Waals surface area contributed by atoms with Crippen molar-refractivity contribution in [1.82, 2.24) is 15.6 Å². The molecule has 128 valence electrons. The molecule has 2 fully saturated rings. The van der Waals surface area contributed by atoms with Gasteiger partial charge in [0.2, 0.25) is 5.91 Å². The van der Waals surface area contributed by atoms with Crippen molar-refractivity contribution in [2.75, 3.05) is 19.6 Å². The highest BCUT2D eigenvalue weighted by Crippen LogP contribution is 2.58. The van der Waals surface area contributed by atoms with Crippen molar-refractivity contribution in [2.45, 2.75) is 32.6 Å². The number of hydrogen-bond acceptors (Lipinski definition) is 5. The molecule has 2 aliphatic rings. The van der Waals surface area contributed by atoms with E-state index in [0.717, 1.165) is 56.0 Å². The molecule has 1 atom stereocenters. The predicted octanol–water partition coefficient (Wildman–Crippen LogP) is 3.23. The number of nitrogens with one attached hydrogen (secondary N) is 2. The Hall–Kier alpha value is -1.24. The van der Waals surface area contributed by atoms with Gasteiger partial charge in [-0.25, -0.2) is 4.98 Å². The minimum absolute atomic E-state index is 0.261. The summed E-state index contributed by atoms with van der Waals surface area (Å²) in [6.45, 7) is 4.90. The van der Waals surface area contributed by atoms with Gasteiger partial charge in [0.15, 0.2) is 0 Å². The molecule has 1 saturated heterocycles. The van der Waals surface area contributed by atoms with Gasteiger partial charge in [0.05, 0.1) is 15.6 Å². The van der Waals surface area contributed by atoms with Gasteiger partial charge in [0.1, 0.15) is 0 Å². The summed E-state index contributed by atoms with van der Waals surface area (Å²) in [5.41, 5.74) is 1.40. The number of thiazole rings is 1. The van der Waals surface area contributed by atoms with E-state index in [2.05, 4.69) is 33.1 Å². The largest absolute Gasteiger partial charge is 0.355 e. The van der Waals surface area contributed by atoms with Gasteiger partial charge in [-0.05, 0) is 63.2 Å². The third-order valence-electron chi connectivity index (χ3n) is 5.31. The Morgan fingerprint density at radius 2 is 2.25 bits per heavy atom. The summed E-state index contributed by atoms with van der Waals surface area (Å²) in [7, 11) is 0. The van der Waals surface area contributed by atoms with Crippen LogP contribution in [-0.4, -0.2) is 30.5 Å². The van der Waals surface area contributed by atoms with Crippen molar-refractivity contribution >= 4 is 28.6 Å². The number of aromatic nitrogens is 1. The minimum atomic E-state index is 0.261. The highest BCUT2D eigenvalue weighted by molar-refractivity contribution is 7.16. The molecule has 1 saturated carbocycles. The standard InChI is InChI=1S/C18H23N3OS2/c1-12-21-15(11-23-12)16-3-2-13(24-16)4-7-20-17(22)14-10-18(14)5-8-19-9-6-18/h2-3,11,14,19H,4-10H2,1H3,(H,20,22). The molecule has 0 aromatic carbocycles. The highest BCUT2D eigenvalue weighted by Gasteiger charge is 2.57. The van der Waals surface area contributed by atoms with Crippen molar-refractivity contribution in [1.29, 1.82) is 0 Å². The molecule has 0 bridgehead atoms. The van der Waals surface area contributed by atoms with Crippen LogP contribution in [0.5, 0.6) is 0 Å². The molecule has 1 spiro atoms. The minimum Gasteiger partial charge on any atom is -0.355 e. The molecular weight excluding hydrogens is 338 g/mol. The molecule has 3 heterocycles. The second kappa shape index (κ2) is 6.58. The Balaban J connectivity index is 1.26. The molecule has 4 nitrogen and oxygen atoms in total. The average molecular weight is 362 g/mol. The second-order valence-electron chi connectivity index (χ2n) is 6.93. The number of carbonyl (C=O) groups excluding carboxylic acids is 1. The van der Waals surface area contributed by atoms with Crippen LogP contribution in [-0.2, 0) is 11.2 Å². The van der Waals surface area contributed by atoms with Gasteiger partial charge in [-0.15, -0.1) is 22.7 Å². The van der Waals surface area contributed by atoms with Crippen molar-refractivity contribution < 1.29 is 4.79 Å². The average Bonchev–Trinajstić information content (AvgIpc) is 2.92. The summed E-state index contributed by atoms with van der Waals surface area (Å²) < 4.78 is 0. The molecule has 2 aromatic heterocycles. The Kier molecular flexibility index (Phi) is 4.45. The van der Waals surface area contributed by atoms with E-state index in [9.17, 15) is 4.79 Å². The van der Waals surface area contributed by atoms with E-state index in [1.165, 1.54) is 9.75 Å². The van der Waals surface area contributed by atoms with Gasteiger partial charge in [-0.1, -0.05) is 0 Å². The van der Waals surface area contributed by atoms with Crippen LogP contribution in [0.3, 0.4) is 0 Å². The molecule has 1 aliphatic carbocycles. The van der Waals surface area contributed by atoms with Crippen molar-refractivity contribution in [2.24, 2.45) is 11.3 Å². The van der Waals surface area contributed by atoms with Crippen molar-refractivity contribution in [3.63, 3.8) is 0 Å². The van der Waals surface area contributed by atoms with E-state index in [4.69, 9.17) is 0 Å². The van der Waals surface area contributed by atoms with E-state index in [-0.39, 0.29) is 11.8 Å². The monoisotopic (exact) mass is 361 g/mol. The fourth-order valence-electron chi connectivity index (χ4n) is 3.75. The number of piperidine rings is 1. The quantitative estimate of drug-likeness (QED) is 0.860.